The molecule has 25 heavy (non-hydrogen) atoms. The minimum Gasteiger partial charge on any atom is -0.495 e. The number of ether oxygens (including phenoxy) is 1. The Bertz CT molecular complexity index is 869. The maximum atomic E-state index is 13.6. The quantitative estimate of drug-likeness (QED) is 0.789. The monoisotopic (exact) mass is 366 g/mol. The molecule has 0 bridgehead atoms. The molecule has 0 spiro atoms. The van der Waals surface area contributed by atoms with Crippen molar-refractivity contribution in [3.63, 3.8) is 0 Å². The van der Waals surface area contributed by atoms with Crippen molar-refractivity contribution in [2.75, 3.05) is 23.4 Å². The van der Waals surface area contributed by atoms with Crippen molar-refractivity contribution in [1.29, 1.82) is 0 Å². The molecule has 0 aromatic heterocycles. The molecule has 6 nitrogen and oxygen atoms in total. The molecule has 0 fully saturated rings. The Hall–Kier alpha value is -2.61. The van der Waals surface area contributed by atoms with E-state index in [1.807, 2.05) is 0 Å². The molecule has 134 valence electrons. The van der Waals surface area contributed by atoms with Crippen LogP contribution >= 0.6 is 0 Å². The third-order valence-electron chi connectivity index (χ3n) is 3.36. The van der Waals surface area contributed by atoms with Crippen LogP contribution in [0.15, 0.2) is 42.5 Å². The molecule has 2 aromatic carbocycles. The highest BCUT2D eigenvalue weighted by atomic mass is 32.2. The molecule has 0 radical (unpaired) electrons. The summed E-state index contributed by atoms with van der Waals surface area (Å²) in [6.45, 7) is 0. The van der Waals surface area contributed by atoms with E-state index >= 15 is 0 Å². The second-order valence-corrected chi connectivity index (χ2v) is 7.18. The van der Waals surface area contributed by atoms with Gasteiger partial charge in [0, 0.05) is 12.1 Å². The lowest BCUT2D eigenvalue weighted by Crippen LogP contribution is -2.14. The average Bonchev–Trinajstić information content (AvgIpc) is 2.53. The molecular weight excluding hydrogens is 347 g/mol. The highest BCUT2D eigenvalue weighted by Crippen LogP contribution is 2.28. The van der Waals surface area contributed by atoms with Gasteiger partial charge in [0.15, 0.2) is 0 Å². The summed E-state index contributed by atoms with van der Waals surface area (Å²) in [6.07, 6.45) is 1.39. The van der Waals surface area contributed by atoms with Crippen molar-refractivity contribution in [3.8, 4) is 5.75 Å². The standard InChI is InChI=1S/C17H19FN2O4S/c1-24-16-9-8-13(11-15(16)20-25(2,22)23)19-17(21)10-7-12-5-3-4-6-14(12)18/h3-6,8-9,11,20H,7,10H2,1-2H3,(H,19,21). The predicted molar refractivity (Wildman–Crippen MR) is 94.8 cm³/mol. The summed E-state index contributed by atoms with van der Waals surface area (Å²) in [5.41, 5.74) is 1.09. The minimum atomic E-state index is -3.49. The lowest BCUT2D eigenvalue weighted by Gasteiger charge is -2.12. The number of hydrogen-bond acceptors (Lipinski definition) is 4. The van der Waals surface area contributed by atoms with E-state index in [0.717, 1.165) is 6.26 Å². The van der Waals surface area contributed by atoms with Gasteiger partial charge in [0.1, 0.15) is 11.6 Å². The fraction of sp³-hybridized carbons (Fsp3) is 0.235. The van der Waals surface area contributed by atoms with Gasteiger partial charge in [-0.2, -0.15) is 0 Å². The summed E-state index contributed by atoms with van der Waals surface area (Å²) in [7, 11) is -2.08. The van der Waals surface area contributed by atoms with Gasteiger partial charge in [-0.1, -0.05) is 18.2 Å². The Morgan fingerprint density at radius 1 is 1.20 bits per heavy atom. The van der Waals surface area contributed by atoms with Crippen molar-refractivity contribution in [2.24, 2.45) is 0 Å². The van der Waals surface area contributed by atoms with Crippen LogP contribution in [0.4, 0.5) is 15.8 Å². The molecule has 0 atom stereocenters. The van der Waals surface area contributed by atoms with Gasteiger partial charge in [-0.15, -0.1) is 0 Å². The van der Waals surface area contributed by atoms with E-state index in [9.17, 15) is 17.6 Å². The maximum Gasteiger partial charge on any atom is 0.229 e. The Morgan fingerprint density at radius 2 is 1.92 bits per heavy atom. The minimum absolute atomic E-state index is 0.0990. The largest absolute Gasteiger partial charge is 0.495 e. The Labute approximate surface area is 146 Å². The van der Waals surface area contributed by atoms with Crippen LogP contribution in [0.3, 0.4) is 0 Å². The fourth-order valence-electron chi connectivity index (χ4n) is 2.24. The first kappa shape index (κ1) is 18.7. The number of carbonyl (C=O) groups excluding carboxylic acids is 1. The Balaban J connectivity index is 2.05. The van der Waals surface area contributed by atoms with E-state index < -0.39 is 10.0 Å². The average molecular weight is 366 g/mol. The summed E-state index contributed by atoms with van der Waals surface area (Å²) in [6, 6.07) is 10.9. The zero-order valence-corrected chi connectivity index (χ0v) is 14.7. The number of aryl methyl sites for hydroxylation is 1. The second kappa shape index (κ2) is 7.98. The van der Waals surface area contributed by atoms with Gasteiger partial charge in [0.2, 0.25) is 15.9 Å². The number of carbonyl (C=O) groups is 1. The van der Waals surface area contributed by atoms with E-state index in [-0.39, 0.29) is 30.3 Å². The third kappa shape index (κ3) is 5.75. The van der Waals surface area contributed by atoms with Crippen molar-refractivity contribution in [3.05, 3.63) is 53.8 Å². The predicted octanol–water partition coefficient (Wildman–Crippen LogP) is 2.78. The number of anilines is 2. The van der Waals surface area contributed by atoms with Gasteiger partial charge in [0.05, 0.1) is 19.1 Å². The van der Waals surface area contributed by atoms with Crippen LogP contribution in [-0.2, 0) is 21.2 Å². The van der Waals surface area contributed by atoms with Crippen LogP contribution in [0.2, 0.25) is 0 Å². The summed E-state index contributed by atoms with van der Waals surface area (Å²) >= 11 is 0. The molecule has 2 N–H and O–H groups in total. The SMILES string of the molecule is COc1ccc(NC(=O)CCc2ccccc2F)cc1NS(C)(=O)=O. The molecule has 0 aliphatic carbocycles. The zero-order valence-electron chi connectivity index (χ0n) is 13.9. The van der Waals surface area contributed by atoms with Crippen LogP contribution < -0.4 is 14.8 Å². The molecule has 8 heteroatoms. The molecule has 0 saturated heterocycles. The van der Waals surface area contributed by atoms with Gasteiger partial charge in [0.25, 0.3) is 0 Å². The first-order valence-electron chi connectivity index (χ1n) is 7.47. The topological polar surface area (TPSA) is 84.5 Å². The van der Waals surface area contributed by atoms with Gasteiger partial charge in [-0.3, -0.25) is 9.52 Å². The van der Waals surface area contributed by atoms with Gasteiger partial charge < -0.3 is 10.1 Å². The second-order valence-electron chi connectivity index (χ2n) is 5.43. The van der Waals surface area contributed by atoms with Gasteiger partial charge in [-0.25, -0.2) is 12.8 Å². The number of hydrogen-bond donors (Lipinski definition) is 2. The van der Waals surface area contributed by atoms with E-state index in [4.69, 9.17) is 4.74 Å². The highest BCUT2D eigenvalue weighted by molar-refractivity contribution is 7.92. The van der Waals surface area contributed by atoms with Crippen LogP contribution in [0.25, 0.3) is 0 Å². The van der Waals surface area contributed by atoms with Crippen LogP contribution in [0.5, 0.6) is 5.75 Å². The number of methoxy groups -OCH3 is 1. The van der Waals surface area contributed by atoms with Crippen molar-refractivity contribution >= 4 is 27.3 Å². The van der Waals surface area contributed by atoms with Crippen LogP contribution in [0, 0.1) is 5.82 Å². The highest BCUT2D eigenvalue weighted by Gasteiger charge is 2.11. The van der Waals surface area contributed by atoms with E-state index in [2.05, 4.69) is 10.0 Å². The summed E-state index contributed by atoms with van der Waals surface area (Å²) in [4.78, 5) is 12.0. The summed E-state index contributed by atoms with van der Waals surface area (Å²) in [5, 5.41) is 2.66. The number of rotatable bonds is 7. The number of halogens is 1. The molecule has 0 aliphatic rings. The number of benzene rings is 2. The van der Waals surface area contributed by atoms with Crippen molar-refractivity contribution in [1.82, 2.24) is 0 Å². The normalized spacial score (nSPS) is 11.0. The van der Waals surface area contributed by atoms with Crippen molar-refractivity contribution in [2.45, 2.75) is 12.8 Å². The first-order valence-corrected chi connectivity index (χ1v) is 9.37. The molecule has 0 heterocycles. The van der Waals surface area contributed by atoms with E-state index in [1.165, 1.54) is 19.2 Å². The first-order chi connectivity index (χ1) is 11.8. The number of amides is 1. The lowest BCUT2D eigenvalue weighted by atomic mass is 10.1. The molecular formula is C17H19FN2O4S. The van der Waals surface area contributed by atoms with Crippen LogP contribution in [0.1, 0.15) is 12.0 Å². The third-order valence-corrected chi connectivity index (χ3v) is 3.95. The molecule has 2 aromatic rings. The smallest absolute Gasteiger partial charge is 0.229 e. The number of sulfonamides is 1. The van der Waals surface area contributed by atoms with Gasteiger partial charge in [-0.05, 0) is 36.2 Å². The van der Waals surface area contributed by atoms with Crippen LogP contribution in [-0.4, -0.2) is 27.7 Å². The molecule has 2 rings (SSSR count). The Kier molecular flexibility index (Phi) is 5.97. The summed E-state index contributed by atoms with van der Waals surface area (Å²) < 4.78 is 43.8. The fourth-order valence-corrected chi connectivity index (χ4v) is 2.80. The molecule has 1 amide bonds. The zero-order chi connectivity index (χ0) is 18.4. The lowest BCUT2D eigenvalue weighted by molar-refractivity contribution is -0.116. The summed E-state index contributed by atoms with van der Waals surface area (Å²) in [5.74, 6) is -0.326. The molecule has 0 unspecified atom stereocenters. The van der Waals surface area contributed by atoms with Crippen molar-refractivity contribution < 1.29 is 22.3 Å². The maximum absolute atomic E-state index is 13.6. The molecule has 0 saturated carbocycles. The molecule has 0 aliphatic heterocycles. The Morgan fingerprint density at radius 3 is 2.56 bits per heavy atom. The van der Waals surface area contributed by atoms with E-state index in [0.29, 0.717) is 17.0 Å². The van der Waals surface area contributed by atoms with E-state index in [1.54, 1.807) is 30.3 Å². The number of nitrogens with one attached hydrogen (secondary N) is 2. The van der Waals surface area contributed by atoms with Gasteiger partial charge >= 0.3 is 0 Å².